The zero-order valence-corrected chi connectivity index (χ0v) is 15.8. The Bertz CT molecular complexity index is 1260. The van der Waals surface area contributed by atoms with Gasteiger partial charge in [-0.25, -0.2) is 4.79 Å². The Labute approximate surface area is 171 Å². The Hall–Kier alpha value is -4.19. The Morgan fingerprint density at radius 2 is 1.57 bits per heavy atom. The van der Waals surface area contributed by atoms with Crippen LogP contribution in [0.4, 0.5) is 5.69 Å². The van der Waals surface area contributed by atoms with Crippen molar-refractivity contribution in [1.82, 2.24) is 0 Å². The molecule has 0 unspecified atom stereocenters. The van der Waals surface area contributed by atoms with Crippen LogP contribution in [0.5, 0.6) is 0 Å². The third-order valence-electron chi connectivity index (χ3n) is 4.45. The van der Waals surface area contributed by atoms with Crippen molar-refractivity contribution in [3.63, 3.8) is 0 Å². The lowest BCUT2D eigenvalue weighted by molar-refractivity contribution is 0.0436. The van der Waals surface area contributed by atoms with E-state index in [1.165, 1.54) is 0 Å². The van der Waals surface area contributed by atoms with Gasteiger partial charge in [-0.15, -0.1) is 0 Å². The molecule has 6 heteroatoms. The minimum atomic E-state index is -0.733. The number of amides is 1. The Kier molecular flexibility index (Phi) is 5.39. The fourth-order valence-corrected chi connectivity index (χ4v) is 2.90. The number of hydrogen-bond donors (Lipinski definition) is 1. The zero-order chi connectivity index (χ0) is 20.9. The first-order valence-electron chi connectivity index (χ1n) is 9.25. The molecule has 1 aromatic heterocycles. The molecule has 148 valence electrons. The second-order valence-electron chi connectivity index (χ2n) is 6.56. The van der Waals surface area contributed by atoms with E-state index in [2.05, 4.69) is 5.32 Å². The van der Waals surface area contributed by atoms with Gasteiger partial charge in [-0.05, 0) is 42.0 Å². The van der Waals surface area contributed by atoms with E-state index in [0.29, 0.717) is 27.8 Å². The van der Waals surface area contributed by atoms with Crippen LogP contribution in [0.25, 0.3) is 11.0 Å². The van der Waals surface area contributed by atoms with Gasteiger partial charge in [-0.1, -0.05) is 42.5 Å². The average molecular weight is 399 g/mol. The average Bonchev–Trinajstić information content (AvgIpc) is 2.78. The molecule has 30 heavy (non-hydrogen) atoms. The Morgan fingerprint density at radius 3 is 2.33 bits per heavy atom. The fraction of sp³-hybridized carbons (Fsp3) is 0.0417. The lowest BCUT2D eigenvalue weighted by Crippen LogP contribution is -2.12. The summed E-state index contributed by atoms with van der Waals surface area (Å²) >= 11 is 0. The zero-order valence-electron chi connectivity index (χ0n) is 15.8. The van der Waals surface area contributed by atoms with Gasteiger partial charge in [0.2, 0.25) is 5.76 Å². The molecule has 0 aliphatic carbocycles. The SMILES string of the molecule is O=C(Nc1ccccc1)c1ccc(COC(=O)c2cc(=O)c3ccccc3o2)cc1. The van der Waals surface area contributed by atoms with Gasteiger partial charge in [-0.2, -0.15) is 0 Å². The molecule has 0 fully saturated rings. The van der Waals surface area contributed by atoms with Gasteiger partial charge in [0.15, 0.2) is 5.43 Å². The number of esters is 1. The number of hydrogen-bond acceptors (Lipinski definition) is 5. The highest BCUT2D eigenvalue weighted by Gasteiger charge is 2.14. The third kappa shape index (κ3) is 4.28. The summed E-state index contributed by atoms with van der Waals surface area (Å²) in [5, 5.41) is 3.20. The van der Waals surface area contributed by atoms with Crippen LogP contribution in [0.15, 0.2) is 94.1 Å². The van der Waals surface area contributed by atoms with Crippen molar-refractivity contribution in [2.75, 3.05) is 5.32 Å². The van der Waals surface area contributed by atoms with Crippen LogP contribution in [-0.2, 0) is 11.3 Å². The number of para-hydroxylation sites is 2. The smallest absolute Gasteiger partial charge is 0.374 e. The summed E-state index contributed by atoms with van der Waals surface area (Å²) < 4.78 is 10.7. The van der Waals surface area contributed by atoms with Crippen LogP contribution in [0, 0.1) is 0 Å². The van der Waals surface area contributed by atoms with Crippen molar-refractivity contribution in [1.29, 1.82) is 0 Å². The summed E-state index contributed by atoms with van der Waals surface area (Å²) in [7, 11) is 0. The van der Waals surface area contributed by atoms with E-state index in [1.54, 1.807) is 60.7 Å². The summed E-state index contributed by atoms with van der Waals surface area (Å²) in [5.74, 6) is -1.12. The molecule has 0 saturated heterocycles. The molecule has 0 bridgehead atoms. The van der Waals surface area contributed by atoms with Gasteiger partial charge < -0.3 is 14.5 Å². The molecule has 0 atom stereocenters. The number of fused-ring (bicyclic) bond motifs is 1. The predicted octanol–water partition coefficient (Wildman–Crippen LogP) is 4.40. The van der Waals surface area contributed by atoms with Gasteiger partial charge >= 0.3 is 5.97 Å². The van der Waals surface area contributed by atoms with Crippen LogP contribution in [-0.4, -0.2) is 11.9 Å². The largest absolute Gasteiger partial charge is 0.455 e. The molecule has 0 spiro atoms. The molecule has 0 radical (unpaired) electrons. The number of carbonyl (C=O) groups is 2. The normalized spacial score (nSPS) is 10.5. The highest BCUT2D eigenvalue weighted by Crippen LogP contribution is 2.14. The third-order valence-corrected chi connectivity index (χ3v) is 4.45. The van der Waals surface area contributed by atoms with Crippen LogP contribution in [0.2, 0.25) is 0 Å². The van der Waals surface area contributed by atoms with Gasteiger partial charge in [0.1, 0.15) is 12.2 Å². The molecular weight excluding hydrogens is 382 g/mol. The van der Waals surface area contributed by atoms with Gasteiger partial charge in [0.05, 0.1) is 5.39 Å². The summed E-state index contributed by atoms with van der Waals surface area (Å²) in [6, 6.07) is 23.7. The highest BCUT2D eigenvalue weighted by atomic mass is 16.5. The van der Waals surface area contributed by atoms with Crippen molar-refractivity contribution < 1.29 is 18.7 Å². The summed E-state index contributed by atoms with van der Waals surface area (Å²) in [4.78, 5) is 36.7. The quantitative estimate of drug-likeness (QED) is 0.503. The molecule has 1 heterocycles. The van der Waals surface area contributed by atoms with E-state index < -0.39 is 5.97 Å². The molecule has 1 amide bonds. The first-order valence-corrected chi connectivity index (χ1v) is 9.25. The summed E-state index contributed by atoms with van der Waals surface area (Å²) in [6.07, 6.45) is 0. The summed E-state index contributed by atoms with van der Waals surface area (Å²) in [6.45, 7) is -0.0179. The highest BCUT2D eigenvalue weighted by molar-refractivity contribution is 6.04. The van der Waals surface area contributed by atoms with Crippen LogP contribution in [0.3, 0.4) is 0 Å². The standard InChI is InChI=1S/C24H17NO5/c26-20-14-22(30-21-9-5-4-8-19(20)21)24(28)29-15-16-10-12-17(13-11-16)23(27)25-18-6-2-1-3-7-18/h1-14H,15H2,(H,25,27). The number of carbonyl (C=O) groups excluding carboxylic acids is 2. The van der Waals surface area contributed by atoms with E-state index in [4.69, 9.17) is 9.15 Å². The number of ether oxygens (including phenoxy) is 1. The molecule has 4 rings (SSSR count). The molecule has 0 aliphatic heterocycles. The van der Waals surface area contributed by atoms with Crippen LogP contribution in [0.1, 0.15) is 26.5 Å². The minimum Gasteiger partial charge on any atom is -0.455 e. The van der Waals surface area contributed by atoms with E-state index in [9.17, 15) is 14.4 Å². The second-order valence-corrected chi connectivity index (χ2v) is 6.56. The Balaban J connectivity index is 1.40. The maximum absolute atomic E-state index is 12.3. The van der Waals surface area contributed by atoms with Crippen molar-refractivity contribution in [3.8, 4) is 0 Å². The van der Waals surface area contributed by atoms with E-state index in [-0.39, 0.29) is 23.7 Å². The van der Waals surface area contributed by atoms with Crippen LogP contribution >= 0.6 is 0 Å². The molecule has 1 N–H and O–H groups in total. The number of nitrogens with one attached hydrogen (secondary N) is 1. The maximum atomic E-state index is 12.3. The van der Waals surface area contributed by atoms with Crippen molar-refractivity contribution >= 4 is 28.5 Å². The van der Waals surface area contributed by atoms with Crippen LogP contribution < -0.4 is 10.7 Å². The summed E-state index contributed by atoms with van der Waals surface area (Å²) in [5.41, 5.74) is 1.90. The first-order chi connectivity index (χ1) is 14.6. The number of rotatable bonds is 5. The molecule has 0 aliphatic rings. The molecule has 4 aromatic rings. The maximum Gasteiger partial charge on any atom is 0.374 e. The topological polar surface area (TPSA) is 85.6 Å². The van der Waals surface area contributed by atoms with Crippen molar-refractivity contribution in [2.24, 2.45) is 0 Å². The van der Waals surface area contributed by atoms with Gasteiger partial charge in [0, 0.05) is 17.3 Å². The van der Waals surface area contributed by atoms with Crippen molar-refractivity contribution in [2.45, 2.75) is 6.61 Å². The first kappa shape index (κ1) is 19.1. The molecule has 0 saturated carbocycles. The van der Waals surface area contributed by atoms with Crippen molar-refractivity contribution in [3.05, 3.63) is 112 Å². The van der Waals surface area contributed by atoms with Gasteiger partial charge in [-0.3, -0.25) is 9.59 Å². The number of anilines is 1. The lowest BCUT2D eigenvalue weighted by Gasteiger charge is -2.07. The monoisotopic (exact) mass is 399 g/mol. The van der Waals surface area contributed by atoms with Gasteiger partial charge in [0.25, 0.3) is 5.91 Å². The lowest BCUT2D eigenvalue weighted by atomic mass is 10.1. The molecule has 3 aromatic carbocycles. The second kappa shape index (κ2) is 8.45. The van der Waals surface area contributed by atoms with E-state index in [0.717, 1.165) is 6.07 Å². The molecular formula is C24H17NO5. The fourth-order valence-electron chi connectivity index (χ4n) is 2.90. The molecule has 6 nitrogen and oxygen atoms in total. The van der Waals surface area contributed by atoms with E-state index >= 15 is 0 Å². The van der Waals surface area contributed by atoms with E-state index in [1.807, 2.05) is 18.2 Å². The Morgan fingerprint density at radius 1 is 0.867 bits per heavy atom. The minimum absolute atomic E-state index is 0.0179. The number of benzene rings is 3. The predicted molar refractivity (Wildman–Crippen MR) is 112 cm³/mol.